The van der Waals surface area contributed by atoms with Crippen LogP contribution < -0.4 is 5.32 Å². The number of aromatic nitrogens is 1. The van der Waals surface area contributed by atoms with Crippen LogP contribution in [0.3, 0.4) is 0 Å². The van der Waals surface area contributed by atoms with Gasteiger partial charge in [-0.3, -0.25) is 0 Å². The largest absolute Gasteiger partial charge is 0.465 e. The number of nitrogens with zero attached hydrogens (tertiary/aromatic N) is 2. The third-order valence-corrected chi connectivity index (χ3v) is 2.99. The Morgan fingerprint density at radius 2 is 2.20 bits per heavy atom. The van der Waals surface area contributed by atoms with Crippen LogP contribution in [0.25, 0.3) is 0 Å². The molecule has 0 atom stereocenters. The molecule has 0 bridgehead atoms. The van der Waals surface area contributed by atoms with E-state index < -0.39 is 5.97 Å². The van der Waals surface area contributed by atoms with Crippen LogP contribution in [0, 0.1) is 11.3 Å². The zero-order valence-corrected chi connectivity index (χ0v) is 12.1. The zero-order valence-electron chi connectivity index (χ0n) is 10.6. The van der Waals surface area contributed by atoms with Gasteiger partial charge in [0.15, 0.2) is 0 Å². The first-order valence-corrected chi connectivity index (χ1v) is 6.45. The number of pyridine rings is 1. The SMILES string of the molecule is COC(=O)c1ccccc1Nc1ncc(Br)cc1C#N. The molecule has 0 saturated heterocycles. The molecule has 0 saturated carbocycles. The van der Waals surface area contributed by atoms with E-state index in [-0.39, 0.29) is 0 Å². The standard InChI is InChI=1S/C14H10BrN3O2/c1-20-14(19)11-4-2-3-5-12(11)18-13-9(7-16)6-10(15)8-17-13/h2-6,8H,1H3,(H,17,18). The van der Waals surface area contributed by atoms with Gasteiger partial charge in [-0.2, -0.15) is 5.26 Å². The number of halogens is 1. The smallest absolute Gasteiger partial charge is 0.339 e. The molecular weight excluding hydrogens is 322 g/mol. The van der Waals surface area contributed by atoms with Gasteiger partial charge in [0.1, 0.15) is 11.9 Å². The summed E-state index contributed by atoms with van der Waals surface area (Å²) in [7, 11) is 1.32. The number of anilines is 2. The molecule has 100 valence electrons. The molecule has 0 aliphatic rings. The summed E-state index contributed by atoms with van der Waals surface area (Å²) >= 11 is 3.26. The van der Waals surface area contributed by atoms with Gasteiger partial charge in [0.2, 0.25) is 0 Å². The topological polar surface area (TPSA) is 75.0 Å². The molecule has 1 heterocycles. The van der Waals surface area contributed by atoms with Gasteiger partial charge in [-0.25, -0.2) is 9.78 Å². The Kier molecular flexibility index (Phi) is 4.33. The maximum absolute atomic E-state index is 11.7. The lowest BCUT2D eigenvalue weighted by Gasteiger charge is -2.11. The van der Waals surface area contributed by atoms with Crippen LogP contribution >= 0.6 is 15.9 Å². The monoisotopic (exact) mass is 331 g/mol. The van der Waals surface area contributed by atoms with Crippen LogP contribution in [-0.2, 0) is 4.74 Å². The van der Waals surface area contributed by atoms with E-state index in [2.05, 4.69) is 26.2 Å². The van der Waals surface area contributed by atoms with E-state index in [9.17, 15) is 4.79 Å². The Balaban J connectivity index is 2.41. The second-order valence-electron chi connectivity index (χ2n) is 3.82. The first-order valence-electron chi connectivity index (χ1n) is 5.65. The highest BCUT2D eigenvalue weighted by atomic mass is 79.9. The molecule has 2 aromatic rings. The Hall–Kier alpha value is -2.39. The van der Waals surface area contributed by atoms with Crippen LogP contribution in [-0.4, -0.2) is 18.1 Å². The van der Waals surface area contributed by atoms with Gasteiger partial charge >= 0.3 is 5.97 Å². The summed E-state index contributed by atoms with van der Waals surface area (Å²) in [6.07, 6.45) is 1.57. The number of nitrogens with one attached hydrogen (secondary N) is 1. The molecule has 1 N–H and O–H groups in total. The van der Waals surface area contributed by atoms with Crippen molar-refractivity contribution < 1.29 is 9.53 Å². The Labute approximate surface area is 124 Å². The minimum absolute atomic E-state index is 0.374. The number of hydrogen-bond acceptors (Lipinski definition) is 5. The van der Waals surface area contributed by atoms with Crippen molar-refractivity contribution in [2.24, 2.45) is 0 Å². The number of esters is 1. The van der Waals surface area contributed by atoms with Crippen LogP contribution in [0.2, 0.25) is 0 Å². The summed E-state index contributed by atoms with van der Waals surface area (Å²) in [6.45, 7) is 0. The number of nitriles is 1. The van der Waals surface area contributed by atoms with Gasteiger partial charge in [-0.15, -0.1) is 0 Å². The third kappa shape index (κ3) is 2.95. The molecular formula is C14H10BrN3O2. The number of carbonyl (C=O) groups excluding carboxylic acids is 1. The first-order chi connectivity index (χ1) is 9.65. The summed E-state index contributed by atoms with van der Waals surface area (Å²) < 4.78 is 5.43. The lowest BCUT2D eigenvalue weighted by atomic mass is 10.1. The maximum atomic E-state index is 11.7. The van der Waals surface area contributed by atoms with E-state index in [0.29, 0.717) is 27.1 Å². The molecule has 2 rings (SSSR count). The zero-order chi connectivity index (χ0) is 14.5. The number of para-hydroxylation sites is 1. The van der Waals surface area contributed by atoms with Crippen molar-refractivity contribution in [2.45, 2.75) is 0 Å². The van der Waals surface area contributed by atoms with Gasteiger partial charge in [0.05, 0.1) is 23.9 Å². The van der Waals surface area contributed by atoms with Crippen molar-refractivity contribution >= 4 is 33.4 Å². The van der Waals surface area contributed by atoms with Gasteiger partial charge in [0, 0.05) is 10.7 Å². The van der Waals surface area contributed by atoms with E-state index in [1.165, 1.54) is 7.11 Å². The predicted molar refractivity (Wildman–Crippen MR) is 77.7 cm³/mol. The molecule has 20 heavy (non-hydrogen) atoms. The summed E-state index contributed by atoms with van der Waals surface area (Å²) in [5.41, 5.74) is 1.29. The molecule has 0 aliphatic carbocycles. The van der Waals surface area contributed by atoms with Gasteiger partial charge < -0.3 is 10.1 Å². The highest BCUT2D eigenvalue weighted by Crippen LogP contribution is 2.24. The molecule has 0 aliphatic heterocycles. The Morgan fingerprint density at radius 1 is 1.45 bits per heavy atom. The van der Waals surface area contributed by atoms with Gasteiger partial charge in [0.25, 0.3) is 0 Å². The van der Waals surface area contributed by atoms with E-state index in [1.807, 2.05) is 6.07 Å². The van der Waals surface area contributed by atoms with Crippen molar-refractivity contribution in [2.75, 3.05) is 12.4 Å². The quantitative estimate of drug-likeness (QED) is 0.874. The highest BCUT2D eigenvalue weighted by molar-refractivity contribution is 9.10. The Bertz CT molecular complexity index is 695. The molecule has 0 radical (unpaired) electrons. The molecule has 0 amide bonds. The van der Waals surface area contributed by atoms with Crippen LogP contribution in [0.1, 0.15) is 15.9 Å². The summed E-state index contributed by atoms with van der Waals surface area (Å²) in [5, 5.41) is 12.1. The van der Waals surface area contributed by atoms with Gasteiger partial charge in [-0.05, 0) is 34.1 Å². The number of ether oxygens (including phenoxy) is 1. The van der Waals surface area contributed by atoms with Crippen molar-refractivity contribution in [3.63, 3.8) is 0 Å². The molecule has 0 spiro atoms. The number of carbonyl (C=O) groups is 1. The molecule has 6 heteroatoms. The average Bonchev–Trinajstić information content (AvgIpc) is 2.48. The van der Waals surface area contributed by atoms with Gasteiger partial charge in [-0.1, -0.05) is 12.1 Å². The van der Waals surface area contributed by atoms with Crippen molar-refractivity contribution in [3.8, 4) is 6.07 Å². The summed E-state index contributed by atoms with van der Waals surface area (Å²) in [6, 6.07) is 10.6. The van der Waals surface area contributed by atoms with Crippen molar-refractivity contribution in [3.05, 3.63) is 52.1 Å². The van der Waals surface area contributed by atoms with E-state index in [1.54, 1.807) is 36.5 Å². The number of rotatable bonds is 3. The fourth-order valence-electron chi connectivity index (χ4n) is 1.63. The molecule has 0 fully saturated rings. The molecule has 5 nitrogen and oxygen atoms in total. The van der Waals surface area contributed by atoms with E-state index >= 15 is 0 Å². The highest BCUT2D eigenvalue weighted by Gasteiger charge is 2.13. The lowest BCUT2D eigenvalue weighted by molar-refractivity contribution is 0.0602. The molecule has 0 unspecified atom stereocenters. The van der Waals surface area contributed by atoms with Crippen LogP contribution in [0.5, 0.6) is 0 Å². The predicted octanol–water partition coefficient (Wildman–Crippen LogP) is 3.25. The van der Waals surface area contributed by atoms with Crippen LogP contribution in [0.4, 0.5) is 11.5 Å². The summed E-state index contributed by atoms with van der Waals surface area (Å²) in [5.74, 6) is -0.0734. The molecule has 1 aromatic carbocycles. The van der Waals surface area contributed by atoms with E-state index in [0.717, 1.165) is 0 Å². The fourth-order valence-corrected chi connectivity index (χ4v) is 1.96. The second-order valence-corrected chi connectivity index (χ2v) is 4.74. The third-order valence-electron chi connectivity index (χ3n) is 2.56. The second kappa shape index (κ2) is 6.17. The summed E-state index contributed by atoms with van der Waals surface area (Å²) in [4.78, 5) is 15.8. The fraction of sp³-hybridized carbons (Fsp3) is 0.0714. The first kappa shape index (κ1) is 14.0. The minimum atomic E-state index is -0.455. The van der Waals surface area contributed by atoms with Crippen LogP contribution in [0.15, 0.2) is 41.0 Å². The number of methoxy groups -OCH3 is 1. The minimum Gasteiger partial charge on any atom is -0.465 e. The van der Waals surface area contributed by atoms with Crippen molar-refractivity contribution in [1.82, 2.24) is 4.98 Å². The van der Waals surface area contributed by atoms with Crippen molar-refractivity contribution in [1.29, 1.82) is 5.26 Å². The number of benzene rings is 1. The van der Waals surface area contributed by atoms with E-state index in [4.69, 9.17) is 10.00 Å². The average molecular weight is 332 g/mol. The molecule has 1 aromatic heterocycles. The Morgan fingerprint density at radius 3 is 2.90 bits per heavy atom. The maximum Gasteiger partial charge on any atom is 0.339 e. The lowest BCUT2D eigenvalue weighted by Crippen LogP contribution is -2.06. The normalized spacial score (nSPS) is 9.65. The number of hydrogen-bond donors (Lipinski definition) is 1.